The lowest BCUT2D eigenvalue weighted by molar-refractivity contribution is 1.11. The van der Waals surface area contributed by atoms with Crippen LogP contribution in [0.2, 0.25) is 0 Å². The molecule has 42 valence electrons. The van der Waals surface area contributed by atoms with E-state index < -0.39 is 0 Å². The van der Waals surface area contributed by atoms with Crippen molar-refractivity contribution in [3.05, 3.63) is 18.9 Å². The van der Waals surface area contributed by atoms with E-state index in [9.17, 15) is 0 Å². The molecule has 0 amide bonds. The molecular weight excluding hydrogens is 104 g/mol. The molecule has 0 atom stereocenters. The zero-order chi connectivity index (χ0) is 6.12. The zero-order valence-corrected chi connectivity index (χ0v) is 5.67. The van der Waals surface area contributed by atoms with Crippen LogP contribution >= 0.6 is 12.6 Å². The summed E-state index contributed by atoms with van der Waals surface area (Å²) >= 11 is 3.92. The van der Waals surface area contributed by atoms with Gasteiger partial charge in [0, 0.05) is 0 Å². The minimum atomic E-state index is 1.01. The maximum Gasteiger partial charge on any atom is -0.0101 e. The predicted molar refractivity (Wildman–Crippen MR) is 38.9 cm³/mol. The lowest BCUT2D eigenvalue weighted by Gasteiger charge is -1.67. The Hall–Kier alpha value is -0.130. The molecule has 0 unspecified atom stereocenters. The Bertz CT molecular complexity index is 40.1. The molecule has 0 aromatic heterocycles. The predicted octanol–water partition coefficient (Wildman–Crippen LogP) is 2.28. The molecule has 0 rings (SSSR count). The van der Waals surface area contributed by atoms with E-state index in [1.54, 1.807) is 0 Å². The zero-order valence-electron chi connectivity index (χ0n) is 4.78. The molecule has 0 N–H and O–H groups in total. The molecule has 0 aliphatic carbocycles. The van der Waals surface area contributed by atoms with Gasteiger partial charge in [-0.1, -0.05) is 20.1 Å². The summed E-state index contributed by atoms with van der Waals surface area (Å²) in [4.78, 5) is 0. The van der Waals surface area contributed by atoms with E-state index in [2.05, 4.69) is 38.4 Å². The summed E-state index contributed by atoms with van der Waals surface area (Å²) in [5, 5.41) is 0. The summed E-state index contributed by atoms with van der Waals surface area (Å²) in [6, 6.07) is 0. The van der Waals surface area contributed by atoms with Gasteiger partial charge in [0.25, 0.3) is 0 Å². The van der Waals surface area contributed by atoms with Crippen LogP contribution in [0.15, 0.2) is 18.9 Å². The van der Waals surface area contributed by atoms with Crippen LogP contribution in [0.25, 0.3) is 0 Å². The maximum atomic E-state index is 3.92. The van der Waals surface area contributed by atoms with Gasteiger partial charge in [-0.3, -0.25) is 0 Å². The molecule has 0 aliphatic heterocycles. The van der Waals surface area contributed by atoms with E-state index in [1.807, 2.05) is 0 Å². The first-order valence-corrected chi connectivity index (χ1v) is 2.86. The molecule has 0 spiro atoms. The summed E-state index contributed by atoms with van der Waals surface area (Å²) in [6.07, 6.45) is 1.18. The van der Waals surface area contributed by atoms with E-state index in [-0.39, 0.29) is 0 Å². The first-order chi connectivity index (χ1) is 3.33. The molecule has 0 saturated heterocycles. The third-order valence-corrected chi connectivity index (χ3v) is 0.671. The Labute approximate surface area is 51.3 Å². The Balaban J connectivity index is 0. The van der Waals surface area contributed by atoms with Crippen LogP contribution in [-0.2, 0) is 0 Å². The van der Waals surface area contributed by atoms with Gasteiger partial charge in [-0.15, -0.1) is 5.73 Å². The fourth-order valence-corrected chi connectivity index (χ4v) is 0. The standard InChI is InChI=1S/C3H8S.C3H4/c1-2-3-4;1-3-2/h4H,2-3H2,1H3;1-2H2. The van der Waals surface area contributed by atoms with Crippen molar-refractivity contribution in [2.24, 2.45) is 0 Å². The van der Waals surface area contributed by atoms with Crippen LogP contribution in [0.5, 0.6) is 0 Å². The minimum Gasteiger partial charge on any atom is -0.179 e. The molecule has 0 aromatic carbocycles. The number of hydrogen-bond acceptors (Lipinski definition) is 1. The van der Waals surface area contributed by atoms with Crippen LogP contribution in [-0.4, -0.2) is 5.75 Å². The molecule has 0 nitrogen and oxygen atoms in total. The molecule has 0 bridgehead atoms. The van der Waals surface area contributed by atoms with Crippen molar-refractivity contribution >= 4 is 12.6 Å². The SMILES string of the molecule is C=C=C.CCCS. The van der Waals surface area contributed by atoms with Crippen molar-refractivity contribution in [3.63, 3.8) is 0 Å². The highest BCUT2D eigenvalue weighted by atomic mass is 32.1. The molecule has 0 saturated carbocycles. The third kappa shape index (κ3) is 116. The number of hydrogen-bond donors (Lipinski definition) is 1. The van der Waals surface area contributed by atoms with Crippen LogP contribution in [0.4, 0.5) is 0 Å². The molecule has 0 radical (unpaired) electrons. The highest BCUT2D eigenvalue weighted by Gasteiger charge is 1.57. The highest BCUT2D eigenvalue weighted by molar-refractivity contribution is 7.80. The third-order valence-electron chi connectivity index (χ3n) is 0.224. The van der Waals surface area contributed by atoms with Crippen molar-refractivity contribution in [1.29, 1.82) is 0 Å². The monoisotopic (exact) mass is 116 g/mol. The van der Waals surface area contributed by atoms with Gasteiger partial charge < -0.3 is 0 Å². The summed E-state index contributed by atoms with van der Waals surface area (Å²) in [6.45, 7) is 8.35. The van der Waals surface area contributed by atoms with Gasteiger partial charge in [0.2, 0.25) is 0 Å². The Morgan fingerprint density at radius 3 is 1.71 bits per heavy atom. The van der Waals surface area contributed by atoms with E-state index in [1.165, 1.54) is 6.42 Å². The largest absolute Gasteiger partial charge is 0.179 e. The molecule has 1 heteroatoms. The first kappa shape index (κ1) is 9.98. The molecule has 0 aliphatic rings. The fraction of sp³-hybridized carbons (Fsp3) is 0.500. The van der Waals surface area contributed by atoms with Crippen LogP contribution in [0, 0.1) is 0 Å². The van der Waals surface area contributed by atoms with Crippen LogP contribution < -0.4 is 0 Å². The second-order valence-corrected chi connectivity index (χ2v) is 1.42. The quantitative estimate of drug-likeness (QED) is 0.394. The van der Waals surface area contributed by atoms with Crippen molar-refractivity contribution in [2.45, 2.75) is 13.3 Å². The Kier molecular flexibility index (Phi) is 24.1. The van der Waals surface area contributed by atoms with Gasteiger partial charge in [0.1, 0.15) is 0 Å². The maximum absolute atomic E-state index is 3.92. The second kappa shape index (κ2) is 16.9. The Morgan fingerprint density at radius 1 is 1.57 bits per heavy atom. The topological polar surface area (TPSA) is 0 Å². The minimum absolute atomic E-state index is 1.01. The average molecular weight is 116 g/mol. The second-order valence-electron chi connectivity index (χ2n) is 0.974. The van der Waals surface area contributed by atoms with Gasteiger partial charge >= 0.3 is 0 Å². The van der Waals surface area contributed by atoms with Crippen LogP contribution in [0.1, 0.15) is 13.3 Å². The van der Waals surface area contributed by atoms with E-state index in [0.29, 0.717) is 0 Å². The summed E-state index contributed by atoms with van der Waals surface area (Å²) < 4.78 is 0. The van der Waals surface area contributed by atoms with Crippen molar-refractivity contribution in [3.8, 4) is 0 Å². The first-order valence-electron chi connectivity index (χ1n) is 2.23. The molecular formula is C6H12S. The van der Waals surface area contributed by atoms with Crippen LogP contribution in [0.3, 0.4) is 0 Å². The lowest BCUT2D eigenvalue weighted by Crippen LogP contribution is -1.56. The van der Waals surface area contributed by atoms with Gasteiger partial charge in [0.05, 0.1) is 0 Å². The molecule has 0 fully saturated rings. The number of thiol groups is 1. The van der Waals surface area contributed by atoms with Gasteiger partial charge in [-0.05, 0) is 12.2 Å². The molecule has 7 heavy (non-hydrogen) atoms. The fourth-order valence-electron chi connectivity index (χ4n) is 0. The lowest BCUT2D eigenvalue weighted by atomic mass is 10.6. The smallest absolute Gasteiger partial charge is 0.0101 e. The molecule has 0 aromatic rings. The van der Waals surface area contributed by atoms with Crippen molar-refractivity contribution in [1.82, 2.24) is 0 Å². The Morgan fingerprint density at radius 2 is 1.71 bits per heavy atom. The van der Waals surface area contributed by atoms with Gasteiger partial charge in [-0.2, -0.15) is 12.6 Å². The van der Waals surface area contributed by atoms with E-state index in [4.69, 9.17) is 0 Å². The van der Waals surface area contributed by atoms with Gasteiger partial charge in [-0.25, -0.2) is 0 Å². The molecule has 0 heterocycles. The van der Waals surface area contributed by atoms with Crippen molar-refractivity contribution in [2.75, 3.05) is 5.75 Å². The summed E-state index contributed by atoms with van der Waals surface area (Å²) in [5.41, 5.74) is 2.25. The normalized spacial score (nSPS) is 5.43. The summed E-state index contributed by atoms with van der Waals surface area (Å²) in [7, 11) is 0. The van der Waals surface area contributed by atoms with E-state index >= 15 is 0 Å². The average Bonchev–Trinajstić information content (AvgIpc) is 1.69. The van der Waals surface area contributed by atoms with Gasteiger partial charge in [0.15, 0.2) is 0 Å². The van der Waals surface area contributed by atoms with E-state index in [0.717, 1.165) is 5.75 Å². The highest BCUT2D eigenvalue weighted by Crippen LogP contribution is 1.74. The number of rotatable bonds is 1. The summed E-state index contributed by atoms with van der Waals surface area (Å²) in [5.74, 6) is 1.01. The van der Waals surface area contributed by atoms with Crippen molar-refractivity contribution < 1.29 is 0 Å².